The Morgan fingerprint density at radius 1 is 1.35 bits per heavy atom. The number of hydrogen-bond donors (Lipinski definition) is 2. The Labute approximate surface area is 117 Å². The molecule has 2 aromatic rings. The highest BCUT2D eigenvalue weighted by Gasteiger charge is 2.17. The monoisotopic (exact) mass is 274 g/mol. The van der Waals surface area contributed by atoms with Crippen LogP contribution in [-0.4, -0.2) is 16.2 Å². The Morgan fingerprint density at radius 3 is 2.65 bits per heavy atom. The van der Waals surface area contributed by atoms with Crippen molar-refractivity contribution in [1.29, 1.82) is 0 Å². The number of hydrogen-bond acceptors (Lipinski definition) is 4. The standard InChI is InChI=1S/C15H18N2O3/c1-15(2,3)11-6-4-5-7-12(11)16-9-10-8-13(14(18)19)17-20-10/h4-8,16H,9H2,1-3H3,(H,18,19). The van der Waals surface area contributed by atoms with Gasteiger partial charge in [0.05, 0.1) is 6.54 Å². The van der Waals surface area contributed by atoms with Crippen LogP contribution >= 0.6 is 0 Å². The van der Waals surface area contributed by atoms with E-state index in [1.807, 2.05) is 18.2 Å². The molecule has 2 N–H and O–H groups in total. The largest absolute Gasteiger partial charge is 0.476 e. The number of aromatic carboxylic acids is 1. The van der Waals surface area contributed by atoms with Crippen LogP contribution in [0.1, 0.15) is 42.6 Å². The number of carboxylic acid groups (broad SMARTS) is 1. The molecule has 0 saturated heterocycles. The highest BCUT2D eigenvalue weighted by atomic mass is 16.5. The van der Waals surface area contributed by atoms with Crippen molar-refractivity contribution < 1.29 is 14.4 Å². The van der Waals surface area contributed by atoms with Crippen molar-refractivity contribution in [2.45, 2.75) is 32.7 Å². The third-order valence-electron chi connectivity index (χ3n) is 2.97. The molecule has 0 bridgehead atoms. The fourth-order valence-electron chi connectivity index (χ4n) is 1.97. The normalized spacial score (nSPS) is 11.3. The molecule has 0 fully saturated rings. The molecule has 0 aliphatic rings. The lowest BCUT2D eigenvalue weighted by molar-refractivity contribution is 0.0685. The van der Waals surface area contributed by atoms with Crippen molar-refractivity contribution in [1.82, 2.24) is 5.16 Å². The third-order valence-corrected chi connectivity index (χ3v) is 2.97. The van der Waals surface area contributed by atoms with E-state index >= 15 is 0 Å². The second-order valence-corrected chi connectivity index (χ2v) is 5.63. The van der Waals surface area contributed by atoms with Gasteiger partial charge in [0, 0.05) is 11.8 Å². The van der Waals surface area contributed by atoms with Crippen LogP contribution in [0.4, 0.5) is 5.69 Å². The van der Waals surface area contributed by atoms with Gasteiger partial charge in [-0.15, -0.1) is 0 Å². The van der Waals surface area contributed by atoms with Crippen LogP contribution in [0.3, 0.4) is 0 Å². The lowest BCUT2D eigenvalue weighted by Gasteiger charge is -2.23. The second-order valence-electron chi connectivity index (χ2n) is 5.63. The Balaban J connectivity index is 2.13. The van der Waals surface area contributed by atoms with Crippen LogP contribution in [0.5, 0.6) is 0 Å². The molecule has 1 heterocycles. The molecule has 1 aromatic heterocycles. The van der Waals surface area contributed by atoms with Crippen molar-refractivity contribution in [3.63, 3.8) is 0 Å². The van der Waals surface area contributed by atoms with E-state index in [1.54, 1.807) is 0 Å². The molecule has 0 atom stereocenters. The quantitative estimate of drug-likeness (QED) is 0.894. The number of aromatic nitrogens is 1. The van der Waals surface area contributed by atoms with Gasteiger partial charge in [0.2, 0.25) is 0 Å². The van der Waals surface area contributed by atoms with Gasteiger partial charge >= 0.3 is 5.97 Å². The zero-order valence-corrected chi connectivity index (χ0v) is 11.8. The smallest absolute Gasteiger partial charge is 0.358 e. The summed E-state index contributed by atoms with van der Waals surface area (Å²) in [4.78, 5) is 10.7. The SMILES string of the molecule is CC(C)(C)c1ccccc1NCc1cc(C(=O)O)no1. The molecule has 0 saturated carbocycles. The van der Waals surface area contributed by atoms with E-state index in [0.29, 0.717) is 12.3 Å². The fraction of sp³-hybridized carbons (Fsp3) is 0.333. The Bertz CT molecular complexity index is 612. The zero-order chi connectivity index (χ0) is 14.8. The van der Waals surface area contributed by atoms with Crippen molar-refractivity contribution in [2.24, 2.45) is 0 Å². The van der Waals surface area contributed by atoms with Crippen LogP contribution in [0, 0.1) is 0 Å². The van der Waals surface area contributed by atoms with E-state index in [4.69, 9.17) is 9.63 Å². The van der Waals surface area contributed by atoms with Gasteiger partial charge in [0.1, 0.15) is 0 Å². The maximum absolute atomic E-state index is 10.7. The van der Waals surface area contributed by atoms with Gasteiger partial charge in [-0.1, -0.05) is 44.1 Å². The van der Waals surface area contributed by atoms with Crippen molar-refractivity contribution in [2.75, 3.05) is 5.32 Å². The summed E-state index contributed by atoms with van der Waals surface area (Å²) in [6.45, 7) is 6.83. The summed E-state index contributed by atoms with van der Waals surface area (Å²) in [6.07, 6.45) is 0. The molecule has 20 heavy (non-hydrogen) atoms. The maximum atomic E-state index is 10.7. The average molecular weight is 274 g/mol. The Kier molecular flexibility index (Phi) is 3.79. The van der Waals surface area contributed by atoms with Crippen LogP contribution in [0.15, 0.2) is 34.9 Å². The van der Waals surface area contributed by atoms with E-state index in [-0.39, 0.29) is 11.1 Å². The van der Waals surface area contributed by atoms with E-state index in [1.165, 1.54) is 11.6 Å². The van der Waals surface area contributed by atoms with E-state index in [2.05, 4.69) is 37.3 Å². The molecule has 0 aliphatic carbocycles. The lowest BCUT2D eigenvalue weighted by Crippen LogP contribution is -2.14. The Morgan fingerprint density at radius 2 is 2.05 bits per heavy atom. The minimum atomic E-state index is -1.09. The molecule has 0 spiro atoms. The van der Waals surface area contributed by atoms with Gasteiger partial charge in [-0.25, -0.2) is 4.79 Å². The molecule has 0 unspecified atom stereocenters. The maximum Gasteiger partial charge on any atom is 0.358 e. The molecular formula is C15H18N2O3. The second kappa shape index (κ2) is 5.36. The first kappa shape index (κ1) is 14.1. The summed E-state index contributed by atoms with van der Waals surface area (Å²) in [5, 5.41) is 15.5. The summed E-state index contributed by atoms with van der Waals surface area (Å²) in [5.74, 6) is -0.596. The first-order chi connectivity index (χ1) is 9.38. The van der Waals surface area contributed by atoms with Crippen LogP contribution in [-0.2, 0) is 12.0 Å². The van der Waals surface area contributed by atoms with Gasteiger partial charge in [0.15, 0.2) is 11.5 Å². The van der Waals surface area contributed by atoms with Crippen molar-refractivity contribution in [3.8, 4) is 0 Å². The molecule has 1 aromatic carbocycles. The number of anilines is 1. The number of carboxylic acids is 1. The Hall–Kier alpha value is -2.30. The number of nitrogens with one attached hydrogen (secondary N) is 1. The molecule has 0 radical (unpaired) electrons. The minimum absolute atomic E-state index is 0.0250. The first-order valence-corrected chi connectivity index (χ1v) is 6.40. The summed E-state index contributed by atoms with van der Waals surface area (Å²) >= 11 is 0. The number of rotatable bonds is 4. The van der Waals surface area contributed by atoms with E-state index in [9.17, 15) is 4.79 Å². The van der Waals surface area contributed by atoms with Crippen molar-refractivity contribution >= 4 is 11.7 Å². The number of benzene rings is 1. The van der Waals surface area contributed by atoms with Gasteiger partial charge in [-0.05, 0) is 17.0 Å². The summed E-state index contributed by atoms with van der Waals surface area (Å²) in [7, 11) is 0. The predicted molar refractivity (Wildman–Crippen MR) is 75.9 cm³/mol. The van der Waals surface area contributed by atoms with E-state index < -0.39 is 5.97 Å². The van der Waals surface area contributed by atoms with Crippen LogP contribution in [0.25, 0.3) is 0 Å². The predicted octanol–water partition coefficient (Wildman–Crippen LogP) is 3.28. The van der Waals surface area contributed by atoms with Gasteiger partial charge in [-0.2, -0.15) is 0 Å². The topological polar surface area (TPSA) is 75.4 Å². The highest BCUT2D eigenvalue weighted by Crippen LogP contribution is 2.29. The molecule has 0 aliphatic heterocycles. The average Bonchev–Trinajstić information content (AvgIpc) is 2.84. The summed E-state index contributed by atoms with van der Waals surface area (Å²) in [6, 6.07) is 9.46. The van der Waals surface area contributed by atoms with Crippen LogP contribution < -0.4 is 5.32 Å². The number of nitrogens with zero attached hydrogens (tertiary/aromatic N) is 1. The molecule has 106 valence electrons. The molecule has 2 rings (SSSR count). The van der Waals surface area contributed by atoms with Gasteiger partial charge in [-0.3, -0.25) is 0 Å². The van der Waals surface area contributed by atoms with Gasteiger partial charge < -0.3 is 14.9 Å². The molecule has 5 nitrogen and oxygen atoms in total. The van der Waals surface area contributed by atoms with Gasteiger partial charge in [0.25, 0.3) is 0 Å². The molecule has 5 heteroatoms. The number of carbonyl (C=O) groups is 1. The van der Waals surface area contributed by atoms with E-state index in [0.717, 1.165) is 5.69 Å². The fourth-order valence-corrected chi connectivity index (χ4v) is 1.97. The molecular weight excluding hydrogens is 256 g/mol. The summed E-state index contributed by atoms with van der Waals surface area (Å²) < 4.78 is 4.98. The lowest BCUT2D eigenvalue weighted by atomic mass is 9.86. The van der Waals surface area contributed by atoms with Crippen LogP contribution in [0.2, 0.25) is 0 Å². The first-order valence-electron chi connectivity index (χ1n) is 6.40. The zero-order valence-electron chi connectivity index (χ0n) is 11.8. The van der Waals surface area contributed by atoms with Crippen molar-refractivity contribution in [3.05, 3.63) is 47.3 Å². The number of para-hydroxylation sites is 1. The third kappa shape index (κ3) is 3.17. The molecule has 0 amide bonds. The minimum Gasteiger partial charge on any atom is -0.476 e. The summed E-state index contributed by atoms with van der Waals surface area (Å²) in [5.41, 5.74) is 2.15. The highest BCUT2D eigenvalue weighted by molar-refractivity contribution is 5.85.